The quantitative estimate of drug-likeness (QED) is 0.816. The molecular weight excluding hydrogens is 353 g/mol. The molecule has 25 heavy (non-hydrogen) atoms. The topological polar surface area (TPSA) is 27.3 Å². The van der Waals surface area contributed by atoms with Crippen LogP contribution in [0.15, 0.2) is 30.3 Å². The van der Waals surface area contributed by atoms with Gasteiger partial charge in [-0.25, -0.2) is 0 Å². The molecule has 2 aromatic carbocycles. The molecule has 0 aromatic heterocycles. The van der Waals surface area contributed by atoms with E-state index in [1.807, 2.05) is 12.1 Å². The van der Waals surface area contributed by atoms with Crippen molar-refractivity contribution in [1.82, 2.24) is 5.32 Å². The number of anilines is 2. The molecule has 0 bridgehead atoms. The van der Waals surface area contributed by atoms with E-state index in [1.165, 1.54) is 16.8 Å². The summed E-state index contributed by atoms with van der Waals surface area (Å²) in [4.78, 5) is 2.42. The van der Waals surface area contributed by atoms with Crippen LogP contribution in [-0.4, -0.2) is 26.7 Å². The fraction of sp³-hybridized carbons (Fsp3) is 0.400. The van der Waals surface area contributed by atoms with Crippen molar-refractivity contribution in [2.24, 2.45) is 5.92 Å². The molecule has 2 aliphatic rings. The summed E-state index contributed by atoms with van der Waals surface area (Å²) in [6, 6.07) is 10.2. The fourth-order valence-corrected chi connectivity index (χ4v) is 4.78. The smallest absolute Gasteiger partial charge is 0.0470 e. The van der Waals surface area contributed by atoms with Crippen LogP contribution in [0.4, 0.5) is 11.4 Å². The Morgan fingerprint density at radius 3 is 2.84 bits per heavy atom. The Balaban J connectivity index is 1.61. The zero-order valence-corrected chi connectivity index (χ0v) is 16.1. The third kappa shape index (κ3) is 3.21. The van der Waals surface area contributed by atoms with Crippen molar-refractivity contribution < 1.29 is 0 Å². The van der Waals surface area contributed by atoms with Crippen molar-refractivity contribution in [3.8, 4) is 0 Å². The molecule has 0 saturated carbocycles. The molecule has 3 nitrogen and oxygen atoms in total. The van der Waals surface area contributed by atoms with Gasteiger partial charge in [0.2, 0.25) is 0 Å². The average Bonchev–Trinajstić information content (AvgIpc) is 3.02. The first-order valence-electron chi connectivity index (χ1n) is 8.77. The number of fused-ring (bicyclic) bond motifs is 3. The molecule has 2 aromatic rings. The fourth-order valence-electron chi connectivity index (χ4n) is 4.31. The molecule has 1 fully saturated rings. The zero-order valence-electron chi connectivity index (χ0n) is 14.6. The average molecular weight is 376 g/mol. The Morgan fingerprint density at radius 1 is 1.20 bits per heavy atom. The summed E-state index contributed by atoms with van der Waals surface area (Å²) < 4.78 is 0. The van der Waals surface area contributed by atoms with Gasteiger partial charge in [0.25, 0.3) is 0 Å². The molecule has 2 heterocycles. The van der Waals surface area contributed by atoms with Gasteiger partial charge < -0.3 is 15.5 Å². The van der Waals surface area contributed by atoms with Crippen molar-refractivity contribution in [2.75, 3.05) is 36.9 Å². The molecule has 4 rings (SSSR count). The van der Waals surface area contributed by atoms with E-state index >= 15 is 0 Å². The Kier molecular flexibility index (Phi) is 4.57. The minimum Gasteiger partial charge on any atom is -0.381 e. The molecule has 5 heteroatoms. The van der Waals surface area contributed by atoms with E-state index in [9.17, 15) is 0 Å². The van der Waals surface area contributed by atoms with Gasteiger partial charge in [0.15, 0.2) is 0 Å². The van der Waals surface area contributed by atoms with Gasteiger partial charge in [0.1, 0.15) is 0 Å². The van der Waals surface area contributed by atoms with E-state index in [-0.39, 0.29) is 0 Å². The number of hydrogen-bond acceptors (Lipinski definition) is 3. The lowest BCUT2D eigenvalue weighted by Gasteiger charge is -2.37. The van der Waals surface area contributed by atoms with Crippen molar-refractivity contribution in [1.29, 1.82) is 0 Å². The minimum atomic E-state index is 0.616. The van der Waals surface area contributed by atoms with Gasteiger partial charge in [-0.1, -0.05) is 29.3 Å². The zero-order chi connectivity index (χ0) is 17.6. The lowest BCUT2D eigenvalue weighted by molar-refractivity contribution is 0.496. The molecule has 0 radical (unpaired) electrons. The lowest BCUT2D eigenvalue weighted by atomic mass is 9.82. The van der Waals surface area contributed by atoms with Crippen LogP contribution in [0.5, 0.6) is 0 Å². The van der Waals surface area contributed by atoms with E-state index in [1.54, 1.807) is 6.07 Å². The maximum absolute atomic E-state index is 6.30. The highest BCUT2D eigenvalue weighted by molar-refractivity contribution is 6.35. The number of rotatable bonds is 3. The van der Waals surface area contributed by atoms with Crippen LogP contribution in [0.2, 0.25) is 10.0 Å². The summed E-state index contributed by atoms with van der Waals surface area (Å²) in [6.07, 6.45) is 0. The first kappa shape index (κ1) is 17.0. The van der Waals surface area contributed by atoms with Crippen LogP contribution in [0.25, 0.3) is 0 Å². The van der Waals surface area contributed by atoms with Crippen LogP contribution in [-0.2, 0) is 6.54 Å². The molecule has 2 atom stereocenters. The highest BCUT2D eigenvalue weighted by atomic mass is 35.5. The summed E-state index contributed by atoms with van der Waals surface area (Å²) in [7, 11) is 2.21. The van der Waals surface area contributed by atoms with Crippen LogP contribution in [0.3, 0.4) is 0 Å². The Bertz CT molecular complexity index is 806. The van der Waals surface area contributed by atoms with Gasteiger partial charge in [-0.3, -0.25) is 0 Å². The van der Waals surface area contributed by atoms with Gasteiger partial charge in [0.05, 0.1) is 0 Å². The summed E-state index contributed by atoms with van der Waals surface area (Å²) in [6.45, 7) is 6.23. The van der Waals surface area contributed by atoms with Crippen molar-refractivity contribution >= 4 is 34.6 Å². The van der Waals surface area contributed by atoms with Gasteiger partial charge in [-0.05, 0) is 53.8 Å². The van der Waals surface area contributed by atoms with Crippen molar-refractivity contribution in [3.63, 3.8) is 0 Å². The predicted molar refractivity (Wildman–Crippen MR) is 107 cm³/mol. The van der Waals surface area contributed by atoms with Crippen LogP contribution in [0, 0.1) is 12.8 Å². The number of halogens is 2. The molecular formula is C20H23Cl2N3. The molecule has 0 unspecified atom stereocenters. The van der Waals surface area contributed by atoms with E-state index in [4.69, 9.17) is 23.2 Å². The van der Waals surface area contributed by atoms with Crippen molar-refractivity contribution in [2.45, 2.75) is 19.4 Å². The van der Waals surface area contributed by atoms with Gasteiger partial charge in [0, 0.05) is 60.6 Å². The van der Waals surface area contributed by atoms with Crippen LogP contribution >= 0.6 is 23.2 Å². The Labute approximate surface area is 159 Å². The third-order valence-electron chi connectivity index (χ3n) is 5.46. The summed E-state index contributed by atoms with van der Waals surface area (Å²) in [5.74, 6) is 1.32. The number of nitrogens with one attached hydrogen (secondary N) is 2. The van der Waals surface area contributed by atoms with Crippen LogP contribution in [0.1, 0.15) is 22.6 Å². The second kappa shape index (κ2) is 6.71. The number of nitrogens with zero attached hydrogens (tertiary/aromatic N) is 1. The minimum absolute atomic E-state index is 0.616. The third-order valence-corrected chi connectivity index (χ3v) is 6.04. The Morgan fingerprint density at radius 2 is 2.04 bits per heavy atom. The highest BCUT2D eigenvalue weighted by Gasteiger charge is 2.36. The standard InChI is InChI=1S/C20H23Cl2N3/c1-12-5-16(24-9-13-3-4-15(21)6-19(13)22)7-17-18-10-23-8-14(18)11-25(2)20(12)17/h3-7,14,18,23-24H,8-11H2,1-2H3/t14-,18-/m1/s1. The maximum Gasteiger partial charge on any atom is 0.0470 e. The normalized spacial score (nSPS) is 21.8. The molecule has 0 aliphatic carbocycles. The molecule has 2 aliphatic heterocycles. The maximum atomic E-state index is 6.30. The number of benzene rings is 2. The van der Waals surface area contributed by atoms with E-state index < -0.39 is 0 Å². The van der Waals surface area contributed by atoms with Crippen molar-refractivity contribution in [3.05, 3.63) is 57.1 Å². The molecule has 1 saturated heterocycles. The van der Waals surface area contributed by atoms with Gasteiger partial charge >= 0.3 is 0 Å². The Hall–Kier alpha value is -1.42. The van der Waals surface area contributed by atoms with E-state index in [2.05, 4.69) is 41.6 Å². The summed E-state index contributed by atoms with van der Waals surface area (Å²) >= 11 is 12.3. The molecule has 132 valence electrons. The SMILES string of the molecule is Cc1cc(NCc2ccc(Cl)cc2Cl)cc2c1N(C)C[C@H]1CNC[C@@H]21. The van der Waals surface area contributed by atoms with Gasteiger partial charge in [-0.2, -0.15) is 0 Å². The first-order chi connectivity index (χ1) is 12.0. The number of aryl methyl sites for hydroxylation is 1. The second-order valence-corrected chi connectivity index (χ2v) is 8.07. The van der Waals surface area contributed by atoms with Gasteiger partial charge in [-0.15, -0.1) is 0 Å². The highest BCUT2D eigenvalue weighted by Crippen LogP contribution is 2.43. The second-order valence-electron chi connectivity index (χ2n) is 7.23. The van der Waals surface area contributed by atoms with E-state index in [0.717, 1.165) is 30.9 Å². The summed E-state index contributed by atoms with van der Waals surface area (Å²) in [5.41, 5.74) is 6.41. The monoisotopic (exact) mass is 375 g/mol. The van der Waals surface area contributed by atoms with E-state index in [0.29, 0.717) is 28.4 Å². The first-order valence-corrected chi connectivity index (χ1v) is 9.52. The number of hydrogen-bond donors (Lipinski definition) is 2. The molecule has 0 amide bonds. The largest absolute Gasteiger partial charge is 0.381 e. The van der Waals surface area contributed by atoms with Crippen LogP contribution < -0.4 is 15.5 Å². The molecule has 2 N–H and O–H groups in total. The predicted octanol–water partition coefficient (Wildman–Crippen LogP) is 4.67. The molecule has 0 spiro atoms. The lowest BCUT2D eigenvalue weighted by Crippen LogP contribution is -2.35. The summed E-state index contributed by atoms with van der Waals surface area (Å²) in [5, 5.41) is 8.47.